The van der Waals surface area contributed by atoms with E-state index in [-0.39, 0.29) is 125 Å². The fraction of sp³-hybridized carbons (Fsp3) is 0.293. The number of aromatic nitrogens is 3. The van der Waals surface area contributed by atoms with Gasteiger partial charge in [-0.15, -0.1) is 11.8 Å². The summed E-state index contributed by atoms with van der Waals surface area (Å²) >= 11 is 13.3. The molecule has 7 N–H and O–H groups in total. The largest absolute Gasteiger partial charge is 0.489 e. The first-order chi connectivity index (χ1) is 40.0. The van der Waals surface area contributed by atoms with Gasteiger partial charge >= 0.3 is 5.97 Å². The van der Waals surface area contributed by atoms with E-state index in [1.54, 1.807) is 47.6 Å². The summed E-state index contributed by atoms with van der Waals surface area (Å²) in [5.74, 6) is 3.36. The lowest BCUT2D eigenvalue weighted by Crippen LogP contribution is -2.42. The SMILES string of the molecule is C=CC=C.CSC1=CC(=O)N(CCC(=O)NCCC(=O)N2Cc3ccccc3/C(N)=C(/N(N)CCOCCOCCOCCOc3cnn(C)c(=O)c3-c3ccc(CC(NC(=O)c4c(Cl)cncc4Cl)C(=O)O)cc3)c3ccccc32)C1=O. The molecule has 0 radical (unpaired) electrons. The first-order valence-electron chi connectivity index (χ1n) is 25.9. The van der Waals surface area contributed by atoms with Gasteiger partial charge in [0.1, 0.15) is 12.6 Å². The predicted octanol–water partition coefficient (Wildman–Crippen LogP) is 5.38. The zero-order valence-electron chi connectivity index (χ0n) is 45.7. The Labute approximate surface area is 493 Å². The molecule has 0 fully saturated rings. The van der Waals surface area contributed by atoms with Crippen molar-refractivity contribution < 1.29 is 52.8 Å². The molecule has 2 aromatic heterocycles. The molecule has 1 atom stereocenters. The molecule has 2 aliphatic rings. The minimum atomic E-state index is -1.32. The Balaban J connectivity index is 0.00000268. The van der Waals surface area contributed by atoms with E-state index in [2.05, 4.69) is 33.9 Å². The van der Waals surface area contributed by atoms with Gasteiger partial charge in [0, 0.05) is 69.0 Å². The second kappa shape index (κ2) is 31.9. The number of nitrogens with one attached hydrogen (secondary N) is 2. The average Bonchev–Trinajstić information content (AvgIpc) is 3.45. The summed E-state index contributed by atoms with van der Waals surface area (Å²) in [4.78, 5) is 96.4. The van der Waals surface area contributed by atoms with Crippen molar-refractivity contribution >= 4 is 87.6 Å². The monoisotopic (exact) mass is 1190 g/mol. The molecule has 0 spiro atoms. The molecule has 0 saturated carbocycles. The first kappa shape index (κ1) is 64.0. The van der Waals surface area contributed by atoms with Gasteiger partial charge in [0.2, 0.25) is 11.8 Å². The van der Waals surface area contributed by atoms with Gasteiger partial charge in [-0.05, 0) is 29.0 Å². The highest BCUT2D eigenvalue weighted by Gasteiger charge is 2.32. The fourth-order valence-electron chi connectivity index (χ4n) is 8.51. The van der Waals surface area contributed by atoms with Gasteiger partial charge < -0.3 is 50.3 Å². The third-order valence-electron chi connectivity index (χ3n) is 12.7. The number of nitrogens with zero attached hydrogens (tertiary/aromatic N) is 6. The number of thioether (sulfide) groups is 1. The second-order valence-electron chi connectivity index (χ2n) is 18.2. The van der Waals surface area contributed by atoms with Crippen molar-refractivity contribution in [3.8, 4) is 16.9 Å². The third-order valence-corrected chi connectivity index (χ3v) is 14.0. The first-order valence-corrected chi connectivity index (χ1v) is 27.9. The summed E-state index contributed by atoms with van der Waals surface area (Å²) in [6.45, 7) is 8.59. The molecule has 5 aromatic rings. The van der Waals surface area contributed by atoms with E-state index in [4.69, 9.17) is 53.7 Å². The number of benzene rings is 3. The molecule has 438 valence electrons. The average molecular weight is 1200 g/mol. The minimum Gasteiger partial charge on any atom is -0.489 e. The summed E-state index contributed by atoms with van der Waals surface area (Å²) in [5.41, 5.74) is 11.3. The molecule has 0 aliphatic carbocycles. The number of pyridine rings is 1. The van der Waals surface area contributed by atoms with E-state index in [9.17, 15) is 38.7 Å². The fourth-order valence-corrected chi connectivity index (χ4v) is 9.55. The van der Waals surface area contributed by atoms with Gasteiger partial charge in [-0.3, -0.25) is 38.7 Å². The van der Waals surface area contributed by atoms with Gasteiger partial charge in [-0.2, -0.15) is 5.10 Å². The summed E-state index contributed by atoms with van der Waals surface area (Å²) in [6.07, 6.45) is 9.89. The Bertz CT molecular complexity index is 3280. The number of hydrazine groups is 1. The number of rotatable bonds is 28. The number of hydrogen-bond acceptors (Lipinski definition) is 17. The minimum absolute atomic E-state index is 0.0278. The number of fused-ring (bicyclic) bond motifs is 2. The Morgan fingerprint density at radius 1 is 0.855 bits per heavy atom. The van der Waals surface area contributed by atoms with Gasteiger partial charge in [-0.25, -0.2) is 15.3 Å². The van der Waals surface area contributed by atoms with Crippen molar-refractivity contribution in [1.29, 1.82) is 0 Å². The normalized spacial score (nSPS) is 14.0. The summed E-state index contributed by atoms with van der Waals surface area (Å²) in [7, 11) is 1.50. The molecule has 0 bridgehead atoms. The number of carbonyl (C=O) groups excluding carboxylic acids is 5. The highest BCUT2D eigenvalue weighted by molar-refractivity contribution is 8.03. The van der Waals surface area contributed by atoms with Crippen LogP contribution < -0.4 is 37.4 Å². The maximum absolute atomic E-state index is 14.0. The topological polar surface area (TPSA) is 293 Å². The van der Waals surface area contributed by atoms with Crippen LogP contribution in [0.3, 0.4) is 0 Å². The van der Waals surface area contributed by atoms with Gasteiger partial charge in [0.05, 0.1) is 102 Å². The molecule has 2 aliphatic heterocycles. The molecular formula is C58H64Cl2N10O12S. The highest BCUT2D eigenvalue weighted by Crippen LogP contribution is 2.37. The van der Waals surface area contributed by atoms with Gasteiger partial charge in [0.25, 0.3) is 23.3 Å². The van der Waals surface area contributed by atoms with Crippen LogP contribution >= 0.6 is 35.0 Å². The van der Waals surface area contributed by atoms with Crippen molar-refractivity contribution in [2.45, 2.75) is 31.8 Å². The number of ether oxygens (including phenoxy) is 4. The number of carboxylic acid groups (broad SMARTS) is 1. The standard InChI is InChI=1S/C54H58Cl2N10O12S.C4H6/c1-63-53(72)47(34-13-11-33(12-14-34)27-40(54(73)74)62-51(70)48-38(55)29-59-30-39(48)56)42(31-61-63)78-26-25-77-24-23-76-22-21-75-20-19-66(58)50-37-9-5-6-10-41(37)65(32-35-7-3-4-8-36(35)49(50)57)45(68)15-17-60-44(67)16-18-64-46(69)28-43(79-2)52(64)71;1-3-4-2/h3-14,28-31,40H,15-27,32,57-58H2,1-2H3,(H,60,67)(H,62,70)(H,73,74);3-4H,1-2H2/b50-49-;. The van der Waals surface area contributed by atoms with Crippen molar-refractivity contribution in [2.24, 2.45) is 18.6 Å². The summed E-state index contributed by atoms with van der Waals surface area (Å²) in [6, 6.07) is 20.0. The molecule has 1 unspecified atom stereocenters. The number of nitrogens with two attached hydrogens (primary N) is 2. The van der Waals surface area contributed by atoms with Crippen LogP contribution in [0.1, 0.15) is 45.5 Å². The van der Waals surface area contributed by atoms with Crippen molar-refractivity contribution in [3.63, 3.8) is 0 Å². The Morgan fingerprint density at radius 3 is 2.12 bits per heavy atom. The van der Waals surface area contributed by atoms with Crippen molar-refractivity contribution in [3.05, 3.63) is 176 Å². The van der Waals surface area contributed by atoms with Crippen LogP contribution in [0.2, 0.25) is 10.0 Å². The lowest BCUT2D eigenvalue weighted by molar-refractivity contribution is -0.139. The van der Waals surface area contributed by atoms with Crippen LogP contribution in [0.4, 0.5) is 5.69 Å². The smallest absolute Gasteiger partial charge is 0.326 e. The molecule has 22 nitrogen and oxygen atoms in total. The molecular weight excluding hydrogens is 1130 g/mol. The predicted molar refractivity (Wildman–Crippen MR) is 317 cm³/mol. The number of allylic oxidation sites excluding steroid dienone is 2. The molecule has 0 saturated heterocycles. The number of hydrogen-bond donors (Lipinski definition) is 5. The van der Waals surface area contributed by atoms with Crippen LogP contribution in [0.5, 0.6) is 5.75 Å². The van der Waals surface area contributed by atoms with E-state index in [1.807, 2.05) is 48.5 Å². The van der Waals surface area contributed by atoms with E-state index in [0.717, 1.165) is 10.5 Å². The quantitative estimate of drug-likeness (QED) is 0.0138. The Morgan fingerprint density at radius 2 is 1.48 bits per heavy atom. The number of para-hydroxylation sites is 1. The van der Waals surface area contributed by atoms with E-state index >= 15 is 0 Å². The van der Waals surface area contributed by atoms with Crippen LogP contribution in [0, 0.1) is 0 Å². The van der Waals surface area contributed by atoms with Gasteiger partial charge in [0.15, 0.2) is 5.75 Å². The van der Waals surface area contributed by atoms with Crippen LogP contribution in [0.15, 0.2) is 132 Å². The number of carboxylic acids is 1. The number of aliphatic carboxylic acids is 1. The van der Waals surface area contributed by atoms with Crippen molar-refractivity contribution in [2.75, 3.05) is 77.0 Å². The number of carbonyl (C=O) groups is 6. The van der Waals surface area contributed by atoms with E-state index in [0.29, 0.717) is 44.2 Å². The number of amides is 5. The molecule has 25 heteroatoms. The maximum Gasteiger partial charge on any atom is 0.326 e. The number of anilines is 1. The lowest BCUT2D eigenvalue weighted by Gasteiger charge is -2.33. The summed E-state index contributed by atoms with van der Waals surface area (Å²) in [5, 5.41) is 20.6. The van der Waals surface area contributed by atoms with E-state index in [1.165, 1.54) is 53.2 Å². The Hall–Kier alpha value is -8.16. The number of aryl methyl sites for hydroxylation is 1. The number of halogens is 2. The molecule has 4 heterocycles. The summed E-state index contributed by atoms with van der Waals surface area (Å²) < 4.78 is 24.4. The Kier molecular flexibility index (Phi) is 24.6. The van der Waals surface area contributed by atoms with Crippen LogP contribution in [-0.4, -0.2) is 143 Å². The highest BCUT2D eigenvalue weighted by atomic mass is 35.5. The maximum atomic E-state index is 14.0. The molecule has 7 rings (SSSR count). The van der Waals surface area contributed by atoms with Gasteiger partial charge in [-0.1, -0.05) is 115 Å². The van der Waals surface area contributed by atoms with Crippen molar-refractivity contribution in [1.82, 2.24) is 35.3 Å². The molecule has 83 heavy (non-hydrogen) atoms. The second-order valence-corrected chi connectivity index (χ2v) is 19.8. The zero-order valence-corrected chi connectivity index (χ0v) is 48.1. The zero-order chi connectivity index (χ0) is 60.0. The molecule has 3 aromatic carbocycles. The van der Waals surface area contributed by atoms with Crippen LogP contribution in [-0.2, 0) is 58.2 Å². The lowest BCUT2D eigenvalue weighted by atomic mass is 9.95. The third kappa shape index (κ3) is 17.4. The van der Waals surface area contributed by atoms with E-state index < -0.39 is 41.2 Å². The number of imide groups is 1. The van der Waals surface area contributed by atoms with Crippen LogP contribution in [0.25, 0.3) is 22.5 Å². The molecule has 5 amide bonds.